The fourth-order valence-electron chi connectivity index (χ4n) is 2.39. The van der Waals surface area contributed by atoms with Crippen molar-refractivity contribution in [3.63, 3.8) is 0 Å². The molecule has 1 aromatic rings. The minimum absolute atomic E-state index is 0.771. The van der Waals surface area contributed by atoms with Crippen molar-refractivity contribution >= 4 is 0 Å². The van der Waals surface area contributed by atoms with Gasteiger partial charge in [-0.1, -0.05) is 51.5 Å². The molecule has 21 heavy (non-hydrogen) atoms. The summed E-state index contributed by atoms with van der Waals surface area (Å²) in [5, 5.41) is 3.15. The summed E-state index contributed by atoms with van der Waals surface area (Å²) in [4.78, 5) is 0. The number of benzene rings is 1. The first kappa shape index (κ1) is 17.8. The highest BCUT2D eigenvalue weighted by Gasteiger charge is 2.05. The Bertz CT molecular complexity index is 379. The monoisotopic (exact) mass is 293 g/mol. The highest BCUT2D eigenvalue weighted by atomic mass is 16.5. The van der Waals surface area contributed by atoms with Crippen LogP contribution in [0.3, 0.4) is 0 Å². The third-order valence-corrected chi connectivity index (χ3v) is 3.61. The van der Waals surface area contributed by atoms with E-state index in [4.69, 9.17) is 9.47 Å². The van der Waals surface area contributed by atoms with Crippen molar-refractivity contribution in [3.8, 4) is 11.5 Å². The molecule has 0 aromatic heterocycles. The molecule has 0 aliphatic carbocycles. The third kappa shape index (κ3) is 7.37. The number of hydrogen-bond donors (Lipinski definition) is 1. The van der Waals surface area contributed by atoms with E-state index in [0.29, 0.717) is 0 Å². The molecule has 1 rings (SSSR count). The number of ether oxygens (including phenoxy) is 2. The lowest BCUT2D eigenvalue weighted by Crippen LogP contribution is -2.06. The normalized spacial score (nSPS) is 10.6. The Kier molecular flexibility index (Phi) is 9.71. The van der Waals surface area contributed by atoms with Gasteiger partial charge in [0.1, 0.15) is 0 Å². The second-order valence-corrected chi connectivity index (χ2v) is 5.49. The zero-order chi connectivity index (χ0) is 15.3. The number of rotatable bonds is 12. The Morgan fingerprint density at radius 3 is 2.33 bits per heavy atom. The van der Waals surface area contributed by atoms with Gasteiger partial charge in [-0.15, -0.1) is 0 Å². The second kappa shape index (κ2) is 11.4. The summed E-state index contributed by atoms with van der Waals surface area (Å²) < 4.78 is 11.2. The molecule has 0 atom stereocenters. The van der Waals surface area contributed by atoms with Crippen LogP contribution in [0.4, 0.5) is 0 Å². The smallest absolute Gasteiger partial charge is 0.161 e. The van der Waals surface area contributed by atoms with Crippen LogP contribution < -0.4 is 14.8 Å². The van der Waals surface area contributed by atoms with Crippen LogP contribution in [-0.2, 0) is 6.54 Å². The van der Waals surface area contributed by atoms with Crippen molar-refractivity contribution in [2.24, 2.45) is 0 Å². The fourth-order valence-corrected chi connectivity index (χ4v) is 2.39. The van der Waals surface area contributed by atoms with E-state index in [1.165, 1.54) is 44.1 Å². The molecule has 120 valence electrons. The van der Waals surface area contributed by atoms with Crippen molar-refractivity contribution < 1.29 is 9.47 Å². The van der Waals surface area contributed by atoms with Gasteiger partial charge in [0.15, 0.2) is 11.5 Å². The summed E-state index contributed by atoms with van der Waals surface area (Å²) in [6.45, 7) is 3.87. The van der Waals surface area contributed by atoms with Crippen LogP contribution in [-0.4, -0.2) is 20.8 Å². The van der Waals surface area contributed by atoms with Gasteiger partial charge in [-0.05, 0) is 31.2 Å². The Hall–Kier alpha value is -1.22. The molecule has 3 nitrogen and oxygen atoms in total. The third-order valence-electron chi connectivity index (χ3n) is 3.61. The van der Waals surface area contributed by atoms with E-state index in [9.17, 15) is 0 Å². The molecule has 0 spiro atoms. The molecule has 0 amide bonds. The molecule has 0 saturated heterocycles. The van der Waals surface area contributed by atoms with Crippen LogP contribution in [0.1, 0.15) is 57.4 Å². The molecular formula is C18H31NO2. The standard InChI is InChI=1S/C18H31NO2/c1-4-5-6-7-8-9-10-13-21-18-14-16(15-19-2)11-12-17(18)20-3/h11-12,14,19H,4-10,13,15H2,1-3H3. The van der Waals surface area contributed by atoms with Gasteiger partial charge < -0.3 is 14.8 Å². The quantitative estimate of drug-likeness (QED) is 0.574. The average Bonchev–Trinajstić information content (AvgIpc) is 2.50. The van der Waals surface area contributed by atoms with Gasteiger partial charge in [0.05, 0.1) is 13.7 Å². The molecule has 3 heteroatoms. The van der Waals surface area contributed by atoms with Gasteiger partial charge in [0.25, 0.3) is 0 Å². The lowest BCUT2D eigenvalue weighted by molar-refractivity contribution is 0.284. The van der Waals surface area contributed by atoms with Crippen LogP contribution in [0.25, 0.3) is 0 Å². The Morgan fingerprint density at radius 1 is 0.952 bits per heavy atom. The zero-order valence-corrected chi connectivity index (χ0v) is 13.9. The van der Waals surface area contributed by atoms with Crippen LogP contribution in [0.5, 0.6) is 11.5 Å². The van der Waals surface area contributed by atoms with E-state index in [1.807, 2.05) is 13.1 Å². The predicted molar refractivity (Wildman–Crippen MR) is 89.2 cm³/mol. The maximum Gasteiger partial charge on any atom is 0.161 e. The van der Waals surface area contributed by atoms with Crippen molar-refractivity contribution in [2.75, 3.05) is 20.8 Å². The summed E-state index contributed by atoms with van der Waals surface area (Å²) >= 11 is 0. The first-order chi connectivity index (χ1) is 10.3. The lowest BCUT2D eigenvalue weighted by Gasteiger charge is -2.12. The van der Waals surface area contributed by atoms with E-state index < -0.39 is 0 Å². The summed E-state index contributed by atoms with van der Waals surface area (Å²) in [6, 6.07) is 6.11. The number of nitrogens with one attached hydrogen (secondary N) is 1. The van der Waals surface area contributed by atoms with Gasteiger partial charge in [0, 0.05) is 6.54 Å². The SMILES string of the molecule is CCCCCCCCCOc1cc(CNC)ccc1OC. The molecule has 0 saturated carbocycles. The van der Waals surface area contributed by atoms with Crippen molar-refractivity contribution in [2.45, 2.75) is 58.4 Å². The van der Waals surface area contributed by atoms with E-state index >= 15 is 0 Å². The topological polar surface area (TPSA) is 30.5 Å². The molecule has 0 unspecified atom stereocenters. The molecule has 0 aliphatic rings. The molecule has 0 fully saturated rings. The van der Waals surface area contributed by atoms with E-state index in [0.717, 1.165) is 31.1 Å². The Labute approximate surface area is 130 Å². The molecular weight excluding hydrogens is 262 g/mol. The molecule has 1 aromatic carbocycles. The molecule has 0 radical (unpaired) electrons. The number of unbranched alkanes of at least 4 members (excludes halogenated alkanes) is 6. The zero-order valence-electron chi connectivity index (χ0n) is 13.9. The maximum atomic E-state index is 5.89. The van der Waals surface area contributed by atoms with Crippen LogP contribution in [0.15, 0.2) is 18.2 Å². The Balaban J connectivity index is 2.28. The fraction of sp³-hybridized carbons (Fsp3) is 0.667. The minimum atomic E-state index is 0.771. The minimum Gasteiger partial charge on any atom is -0.493 e. The largest absolute Gasteiger partial charge is 0.493 e. The highest BCUT2D eigenvalue weighted by Crippen LogP contribution is 2.28. The van der Waals surface area contributed by atoms with Gasteiger partial charge in [-0.2, -0.15) is 0 Å². The molecule has 0 bridgehead atoms. The maximum absolute atomic E-state index is 5.89. The average molecular weight is 293 g/mol. The molecule has 1 N–H and O–H groups in total. The van der Waals surface area contributed by atoms with Crippen molar-refractivity contribution in [1.82, 2.24) is 5.32 Å². The van der Waals surface area contributed by atoms with E-state index in [1.54, 1.807) is 7.11 Å². The Morgan fingerprint density at radius 2 is 1.67 bits per heavy atom. The van der Waals surface area contributed by atoms with Crippen LogP contribution >= 0.6 is 0 Å². The molecule has 0 aliphatic heterocycles. The highest BCUT2D eigenvalue weighted by molar-refractivity contribution is 5.42. The van der Waals surface area contributed by atoms with E-state index in [2.05, 4.69) is 24.4 Å². The molecule has 0 heterocycles. The first-order valence-electron chi connectivity index (χ1n) is 8.26. The van der Waals surface area contributed by atoms with Crippen molar-refractivity contribution in [3.05, 3.63) is 23.8 Å². The summed E-state index contributed by atoms with van der Waals surface area (Å²) in [5.74, 6) is 1.68. The summed E-state index contributed by atoms with van der Waals surface area (Å²) in [7, 11) is 3.64. The van der Waals surface area contributed by atoms with Crippen LogP contribution in [0, 0.1) is 0 Å². The van der Waals surface area contributed by atoms with E-state index in [-0.39, 0.29) is 0 Å². The van der Waals surface area contributed by atoms with Gasteiger partial charge in [-0.3, -0.25) is 0 Å². The summed E-state index contributed by atoms with van der Waals surface area (Å²) in [6.07, 6.45) is 9.10. The lowest BCUT2D eigenvalue weighted by atomic mass is 10.1. The van der Waals surface area contributed by atoms with Crippen LogP contribution in [0.2, 0.25) is 0 Å². The van der Waals surface area contributed by atoms with Gasteiger partial charge in [-0.25, -0.2) is 0 Å². The predicted octanol–water partition coefficient (Wildman–Crippen LogP) is 4.54. The van der Waals surface area contributed by atoms with Gasteiger partial charge in [0.2, 0.25) is 0 Å². The van der Waals surface area contributed by atoms with Crippen molar-refractivity contribution in [1.29, 1.82) is 0 Å². The van der Waals surface area contributed by atoms with Gasteiger partial charge >= 0.3 is 0 Å². The number of methoxy groups -OCH3 is 1. The second-order valence-electron chi connectivity index (χ2n) is 5.49. The summed E-state index contributed by atoms with van der Waals surface area (Å²) in [5.41, 5.74) is 1.22. The first-order valence-corrected chi connectivity index (χ1v) is 8.26. The number of hydrogen-bond acceptors (Lipinski definition) is 3.